The van der Waals surface area contributed by atoms with Crippen molar-refractivity contribution in [2.75, 3.05) is 12.3 Å². The third-order valence-corrected chi connectivity index (χ3v) is 3.33. The van der Waals surface area contributed by atoms with Crippen molar-refractivity contribution in [3.05, 3.63) is 58.6 Å². The summed E-state index contributed by atoms with van der Waals surface area (Å²) in [5.41, 5.74) is 7.11. The van der Waals surface area contributed by atoms with Crippen LogP contribution in [0.4, 0.5) is 5.69 Å². The van der Waals surface area contributed by atoms with Crippen molar-refractivity contribution >= 4 is 27.6 Å². The molecule has 0 aliphatic heterocycles. The SMILES string of the molecule is Nc1cccc(OCC(=O)OCc2ccccc2Br)c1. The summed E-state index contributed by atoms with van der Waals surface area (Å²) in [7, 11) is 0. The molecule has 0 saturated heterocycles. The summed E-state index contributed by atoms with van der Waals surface area (Å²) < 4.78 is 11.3. The van der Waals surface area contributed by atoms with E-state index in [-0.39, 0.29) is 13.2 Å². The van der Waals surface area contributed by atoms with Crippen LogP contribution < -0.4 is 10.5 Å². The number of anilines is 1. The van der Waals surface area contributed by atoms with Crippen LogP contribution in [0.25, 0.3) is 0 Å². The first-order valence-corrected chi connectivity index (χ1v) is 6.82. The summed E-state index contributed by atoms with van der Waals surface area (Å²) in [6.07, 6.45) is 0. The fraction of sp³-hybridized carbons (Fsp3) is 0.133. The highest BCUT2D eigenvalue weighted by Gasteiger charge is 2.06. The molecule has 2 aromatic carbocycles. The molecule has 0 radical (unpaired) electrons. The smallest absolute Gasteiger partial charge is 0.344 e. The van der Waals surface area contributed by atoms with E-state index in [0.717, 1.165) is 10.0 Å². The van der Waals surface area contributed by atoms with Crippen LogP contribution in [0.1, 0.15) is 5.56 Å². The van der Waals surface area contributed by atoms with Crippen molar-refractivity contribution in [2.45, 2.75) is 6.61 Å². The predicted octanol–water partition coefficient (Wildman–Crippen LogP) is 3.15. The lowest BCUT2D eigenvalue weighted by Crippen LogP contribution is -2.14. The molecule has 0 aromatic heterocycles. The van der Waals surface area contributed by atoms with Crippen molar-refractivity contribution < 1.29 is 14.3 Å². The van der Waals surface area contributed by atoms with Gasteiger partial charge in [-0.1, -0.05) is 40.2 Å². The van der Waals surface area contributed by atoms with Gasteiger partial charge in [0.15, 0.2) is 6.61 Å². The van der Waals surface area contributed by atoms with Gasteiger partial charge in [0.2, 0.25) is 0 Å². The first-order valence-electron chi connectivity index (χ1n) is 6.02. The Hall–Kier alpha value is -2.01. The Balaban J connectivity index is 1.80. The standard InChI is InChI=1S/C15H14BrNO3/c16-14-7-2-1-4-11(14)9-20-15(18)10-19-13-6-3-5-12(17)8-13/h1-8H,9-10,17H2. The van der Waals surface area contributed by atoms with Gasteiger partial charge in [-0.3, -0.25) is 0 Å². The molecule has 0 amide bonds. The average molecular weight is 336 g/mol. The molecule has 0 heterocycles. The van der Waals surface area contributed by atoms with E-state index < -0.39 is 5.97 Å². The number of hydrogen-bond acceptors (Lipinski definition) is 4. The fourth-order valence-corrected chi connectivity index (χ4v) is 1.96. The molecule has 0 aliphatic rings. The highest BCUT2D eigenvalue weighted by Crippen LogP contribution is 2.17. The van der Waals surface area contributed by atoms with Gasteiger partial charge in [-0.05, 0) is 18.2 Å². The maximum absolute atomic E-state index is 11.6. The number of carbonyl (C=O) groups is 1. The zero-order chi connectivity index (χ0) is 14.4. The number of ether oxygens (including phenoxy) is 2. The lowest BCUT2D eigenvalue weighted by Gasteiger charge is -2.08. The number of rotatable bonds is 5. The molecule has 0 spiro atoms. The Morgan fingerprint density at radius 1 is 1.15 bits per heavy atom. The Morgan fingerprint density at radius 3 is 2.70 bits per heavy atom. The normalized spacial score (nSPS) is 10.1. The second kappa shape index (κ2) is 6.96. The lowest BCUT2D eigenvalue weighted by molar-refractivity contribution is -0.147. The van der Waals surface area contributed by atoms with Crippen LogP contribution in [0, 0.1) is 0 Å². The summed E-state index contributed by atoms with van der Waals surface area (Å²) in [6.45, 7) is 0.0639. The molecule has 0 atom stereocenters. The second-order valence-corrected chi connectivity index (χ2v) is 4.97. The van der Waals surface area contributed by atoms with Gasteiger partial charge in [0.25, 0.3) is 0 Å². The van der Waals surface area contributed by atoms with Crippen LogP contribution in [0.5, 0.6) is 5.75 Å². The number of benzene rings is 2. The maximum atomic E-state index is 11.6. The van der Waals surface area contributed by atoms with E-state index in [4.69, 9.17) is 15.2 Å². The number of esters is 1. The van der Waals surface area contributed by atoms with Crippen molar-refractivity contribution in [3.63, 3.8) is 0 Å². The number of nitrogens with two attached hydrogens (primary N) is 1. The molecule has 2 N–H and O–H groups in total. The van der Waals surface area contributed by atoms with Crippen LogP contribution in [-0.4, -0.2) is 12.6 Å². The van der Waals surface area contributed by atoms with Gasteiger partial charge < -0.3 is 15.2 Å². The first-order chi connectivity index (χ1) is 9.65. The zero-order valence-corrected chi connectivity index (χ0v) is 12.3. The molecule has 104 valence electrons. The van der Waals surface area contributed by atoms with E-state index >= 15 is 0 Å². The van der Waals surface area contributed by atoms with Crippen LogP contribution in [0.15, 0.2) is 53.0 Å². The Kier molecular flexibility index (Phi) is 5.01. The molecule has 4 nitrogen and oxygen atoms in total. The van der Waals surface area contributed by atoms with Crippen LogP contribution >= 0.6 is 15.9 Å². The van der Waals surface area contributed by atoms with E-state index in [1.54, 1.807) is 24.3 Å². The molecule has 0 saturated carbocycles. The van der Waals surface area contributed by atoms with Gasteiger partial charge in [0.1, 0.15) is 12.4 Å². The van der Waals surface area contributed by atoms with Crippen LogP contribution in [0.2, 0.25) is 0 Å². The van der Waals surface area contributed by atoms with Gasteiger partial charge in [-0.25, -0.2) is 4.79 Å². The minimum absolute atomic E-state index is 0.145. The Bertz CT molecular complexity index is 601. The Morgan fingerprint density at radius 2 is 1.95 bits per heavy atom. The van der Waals surface area contributed by atoms with Gasteiger partial charge >= 0.3 is 5.97 Å². The summed E-state index contributed by atoms with van der Waals surface area (Å²) in [5.74, 6) is 0.117. The average Bonchev–Trinajstić information content (AvgIpc) is 2.44. The summed E-state index contributed by atoms with van der Waals surface area (Å²) >= 11 is 3.39. The van der Waals surface area contributed by atoms with Gasteiger partial charge in [0, 0.05) is 21.8 Å². The first kappa shape index (κ1) is 14.4. The third kappa shape index (κ3) is 4.28. The van der Waals surface area contributed by atoms with Crippen molar-refractivity contribution in [1.82, 2.24) is 0 Å². The van der Waals surface area contributed by atoms with Gasteiger partial charge in [-0.15, -0.1) is 0 Å². The molecular weight excluding hydrogens is 322 g/mol. The van der Waals surface area contributed by atoms with Gasteiger partial charge in [0.05, 0.1) is 0 Å². The quantitative estimate of drug-likeness (QED) is 0.673. The molecule has 0 unspecified atom stereocenters. The van der Waals surface area contributed by atoms with Gasteiger partial charge in [-0.2, -0.15) is 0 Å². The third-order valence-electron chi connectivity index (χ3n) is 2.56. The fourth-order valence-electron chi connectivity index (χ4n) is 1.56. The number of nitrogen functional groups attached to an aromatic ring is 1. The number of hydrogen-bond donors (Lipinski definition) is 1. The molecular formula is C15H14BrNO3. The topological polar surface area (TPSA) is 61.5 Å². The summed E-state index contributed by atoms with van der Waals surface area (Å²) in [5, 5.41) is 0. The lowest BCUT2D eigenvalue weighted by atomic mass is 10.2. The number of carbonyl (C=O) groups excluding carboxylic acids is 1. The highest BCUT2D eigenvalue weighted by molar-refractivity contribution is 9.10. The Labute approximate surface area is 125 Å². The minimum Gasteiger partial charge on any atom is -0.482 e. The van der Waals surface area contributed by atoms with E-state index in [1.807, 2.05) is 24.3 Å². The summed E-state index contributed by atoms with van der Waals surface area (Å²) in [6, 6.07) is 14.5. The molecule has 0 bridgehead atoms. The molecule has 2 rings (SSSR count). The largest absolute Gasteiger partial charge is 0.482 e. The number of halogens is 1. The van der Waals surface area contributed by atoms with E-state index in [1.165, 1.54) is 0 Å². The van der Waals surface area contributed by atoms with Crippen molar-refractivity contribution in [2.24, 2.45) is 0 Å². The van der Waals surface area contributed by atoms with E-state index in [0.29, 0.717) is 11.4 Å². The molecule has 0 aliphatic carbocycles. The molecule has 20 heavy (non-hydrogen) atoms. The molecule has 2 aromatic rings. The second-order valence-electron chi connectivity index (χ2n) is 4.11. The molecule has 0 fully saturated rings. The summed E-state index contributed by atoms with van der Waals surface area (Å²) in [4.78, 5) is 11.6. The van der Waals surface area contributed by atoms with E-state index in [9.17, 15) is 4.79 Å². The molecule has 5 heteroatoms. The highest BCUT2D eigenvalue weighted by atomic mass is 79.9. The zero-order valence-electron chi connectivity index (χ0n) is 10.7. The van der Waals surface area contributed by atoms with Crippen molar-refractivity contribution in [1.29, 1.82) is 0 Å². The predicted molar refractivity (Wildman–Crippen MR) is 80.3 cm³/mol. The maximum Gasteiger partial charge on any atom is 0.344 e. The van der Waals surface area contributed by atoms with Crippen LogP contribution in [0.3, 0.4) is 0 Å². The van der Waals surface area contributed by atoms with Crippen LogP contribution in [-0.2, 0) is 16.1 Å². The minimum atomic E-state index is -0.428. The van der Waals surface area contributed by atoms with E-state index in [2.05, 4.69) is 15.9 Å². The monoisotopic (exact) mass is 335 g/mol. The van der Waals surface area contributed by atoms with Crippen molar-refractivity contribution in [3.8, 4) is 5.75 Å².